The molecule has 98 valence electrons. The second kappa shape index (κ2) is 5.54. The molecule has 0 aliphatic heterocycles. The summed E-state index contributed by atoms with van der Waals surface area (Å²) in [5.41, 5.74) is 1.63. The first-order valence-corrected chi connectivity index (χ1v) is 7.04. The van der Waals surface area contributed by atoms with Gasteiger partial charge in [0.25, 0.3) is 5.91 Å². The lowest BCUT2D eigenvalue weighted by Gasteiger charge is -2.07. The van der Waals surface area contributed by atoms with Crippen molar-refractivity contribution >= 4 is 44.8 Å². The number of carboxylic acid groups (broad SMARTS) is 1. The van der Waals surface area contributed by atoms with Crippen molar-refractivity contribution < 1.29 is 14.7 Å². The van der Waals surface area contributed by atoms with Crippen LogP contribution < -0.4 is 5.32 Å². The number of halogens is 1. The molecule has 0 saturated heterocycles. The van der Waals surface area contributed by atoms with Crippen LogP contribution in [0.3, 0.4) is 0 Å². The average Bonchev–Trinajstić information content (AvgIpc) is 2.77. The summed E-state index contributed by atoms with van der Waals surface area (Å²) < 4.78 is 0.537. The lowest BCUT2D eigenvalue weighted by Crippen LogP contribution is -2.12. The van der Waals surface area contributed by atoms with Crippen LogP contribution in [-0.4, -0.2) is 17.0 Å². The number of amides is 1. The van der Waals surface area contributed by atoms with Gasteiger partial charge in [-0.05, 0) is 58.1 Å². The smallest absolute Gasteiger partial charge is 0.335 e. The van der Waals surface area contributed by atoms with Crippen molar-refractivity contribution in [2.45, 2.75) is 6.92 Å². The minimum Gasteiger partial charge on any atom is -0.478 e. The van der Waals surface area contributed by atoms with E-state index >= 15 is 0 Å². The van der Waals surface area contributed by atoms with Crippen molar-refractivity contribution in [1.82, 2.24) is 0 Å². The highest BCUT2D eigenvalue weighted by atomic mass is 79.9. The van der Waals surface area contributed by atoms with E-state index in [1.165, 1.54) is 23.5 Å². The first kappa shape index (κ1) is 13.8. The highest BCUT2D eigenvalue weighted by Crippen LogP contribution is 2.25. The molecule has 0 atom stereocenters. The van der Waals surface area contributed by atoms with E-state index in [1.54, 1.807) is 6.07 Å². The fraction of sp³-hybridized carbons (Fsp3) is 0.0769. The minimum atomic E-state index is -1.01. The molecule has 2 rings (SSSR count). The predicted molar refractivity (Wildman–Crippen MR) is 78.1 cm³/mol. The lowest BCUT2D eigenvalue weighted by molar-refractivity contribution is 0.0696. The Hall–Kier alpha value is -1.66. The number of aryl methyl sites for hydroxylation is 1. The molecule has 1 aromatic carbocycles. The molecular weight excluding hydrogens is 330 g/mol. The fourth-order valence-electron chi connectivity index (χ4n) is 1.53. The number of thiophene rings is 1. The average molecular weight is 340 g/mol. The van der Waals surface area contributed by atoms with Crippen LogP contribution >= 0.6 is 27.3 Å². The van der Waals surface area contributed by atoms with Crippen molar-refractivity contribution in [3.8, 4) is 0 Å². The normalized spacial score (nSPS) is 10.2. The number of carbonyl (C=O) groups excluding carboxylic acids is 1. The summed E-state index contributed by atoms with van der Waals surface area (Å²) in [5, 5.41) is 13.5. The van der Waals surface area contributed by atoms with Crippen LogP contribution in [0.15, 0.2) is 34.1 Å². The molecule has 0 fully saturated rings. The van der Waals surface area contributed by atoms with E-state index in [0.717, 1.165) is 5.56 Å². The number of anilines is 1. The summed E-state index contributed by atoms with van der Waals surface area (Å²) in [6.07, 6.45) is 0. The largest absolute Gasteiger partial charge is 0.478 e. The predicted octanol–water partition coefficient (Wildman–Crippen LogP) is 3.77. The van der Waals surface area contributed by atoms with Gasteiger partial charge in [-0.1, -0.05) is 0 Å². The fourth-order valence-corrected chi connectivity index (χ4v) is 2.83. The van der Waals surface area contributed by atoms with Crippen LogP contribution in [0.5, 0.6) is 0 Å². The Labute approximate surface area is 122 Å². The van der Waals surface area contributed by atoms with Gasteiger partial charge < -0.3 is 10.4 Å². The van der Waals surface area contributed by atoms with E-state index < -0.39 is 5.97 Å². The molecule has 6 heteroatoms. The van der Waals surface area contributed by atoms with Crippen molar-refractivity contribution in [1.29, 1.82) is 0 Å². The van der Waals surface area contributed by atoms with Crippen LogP contribution in [0.4, 0.5) is 5.69 Å². The quantitative estimate of drug-likeness (QED) is 0.894. The van der Waals surface area contributed by atoms with Gasteiger partial charge in [0, 0.05) is 4.47 Å². The van der Waals surface area contributed by atoms with E-state index in [1.807, 2.05) is 18.4 Å². The second-order valence-corrected chi connectivity index (χ2v) is 5.66. The molecule has 0 unspecified atom stereocenters. The Kier molecular flexibility index (Phi) is 4.01. The summed E-state index contributed by atoms with van der Waals surface area (Å²) in [6.45, 7) is 1.87. The van der Waals surface area contributed by atoms with Gasteiger partial charge >= 0.3 is 5.97 Å². The molecule has 4 nitrogen and oxygen atoms in total. The SMILES string of the molecule is Cc1ccsc1C(=O)Nc1ccc(C(=O)O)cc1Br. The summed E-state index contributed by atoms with van der Waals surface area (Å²) in [4.78, 5) is 23.5. The molecule has 0 saturated carbocycles. The van der Waals surface area contributed by atoms with E-state index in [4.69, 9.17) is 5.11 Å². The molecule has 1 heterocycles. The number of hydrogen-bond acceptors (Lipinski definition) is 3. The summed E-state index contributed by atoms with van der Waals surface area (Å²) in [7, 11) is 0. The maximum absolute atomic E-state index is 12.0. The monoisotopic (exact) mass is 339 g/mol. The summed E-state index contributed by atoms with van der Waals surface area (Å²) >= 11 is 4.62. The Morgan fingerprint density at radius 2 is 2.05 bits per heavy atom. The highest BCUT2D eigenvalue weighted by molar-refractivity contribution is 9.10. The van der Waals surface area contributed by atoms with Gasteiger partial charge in [0.2, 0.25) is 0 Å². The van der Waals surface area contributed by atoms with Crippen molar-refractivity contribution in [2.24, 2.45) is 0 Å². The Morgan fingerprint density at radius 3 is 2.58 bits per heavy atom. The standard InChI is InChI=1S/C13H10BrNO3S/c1-7-4-5-19-11(7)12(16)15-10-3-2-8(13(17)18)6-9(10)14/h2-6H,1H3,(H,15,16)(H,17,18). The van der Waals surface area contributed by atoms with Crippen LogP contribution in [-0.2, 0) is 0 Å². The minimum absolute atomic E-state index is 0.164. The van der Waals surface area contributed by atoms with Gasteiger partial charge in [0.1, 0.15) is 0 Å². The van der Waals surface area contributed by atoms with Crippen LogP contribution in [0.1, 0.15) is 25.6 Å². The second-order valence-electron chi connectivity index (χ2n) is 3.89. The molecule has 0 radical (unpaired) electrons. The summed E-state index contributed by atoms with van der Waals surface area (Å²) in [5.74, 6) is -1.20. The van der Waals surface area contributed by atoms with Gasteiger partial charge in [0.15, 0.2) is 0 Å². The maximum atomic E-state index is 12.0. The molecule has 2 aromatic rings. The third kappa shape index (κ3) is 3.02. The number of aromatic carboxylic acids is 1. The Balaban J connectivity index is 2.23. The molecule has 2 N–H and O–H groups in total. The van der Waals surface area contributed by atoms with Crippen molar-refractivity contribution in [2.75, 3.05) is 5.32 Å². The Morgan fingerprint density at radius 1 is 1.32 bits per heavy atom. The van der Waals surface area contributed by atoms with E-state index in [-0.39, 0.29) is 11.5 Å². The lowest BCUT2D eigenvalue weighted by atomic mass is 10.2. The van der Waals surface area contributed by atoms with Gasteiger partial charge in [-0.3, -0.25) is 4.79 Å². The van der Waals surface area contributed by atoms with Gasteiger partial charge in [-0.2, -0.15) is 0 Å². The molecule has 19 heavy (non-hydrogen) atoms. The zero-order chi connectivity index (χ0) is 14.0. The molecule has 1 amide bonds. The molecule has 1 aromatic heterocycles. The Bertz CT molecular complexity index is 651. The van der Waals surface area contributed by atoms with Crippen molar-refractivity contribution in [3.63, 3.8) is 0 Å². The molecule has 0 aliphatic carbocycles. The maximum Gasteiger partial charge on any atom is 0.335 e. The van der Waals surface area contributed by atoms with Crippen LogP contribution in [0, 0.1) is 6.92 Å². The van der Waals surface area contributed by atoms with Gasteiger partial charge in [-0.15, -0.1) is 11.3 Å². The third-order valence-corrected chi connectivity index (χ3v) is 4.20. The van der Waals surface area contributed by atoms with Crippen molar-refractivity contribution in [3.05, 3.63) is 50.1 Å². The zero-order valence-electron chi connectivity index (χ0n) is 9.94. The molecule has 0 bridgehead atoms. The van der Waals surface area contributed by atoms with E-state index in [2.05, 4.69) is 21.2 Å². The number of rotatable bonds is 3. The number of hydrogen-bond donors (Lipinski definition) is 2. The first-order chi connectivity index (χ1) is 8.99. The third-order valence-electron chi connectivity index (χ3n) is 2.53. The number of carbonyl (C=O) groups is 2. The first-order valence-electron chi connectivity index (χ1n) is 5.37. The highest BCUT2D eigenvalue weighted by Gasteiger charge is 2.13. The van der Waals surface area contributed by atoms with Gasteiger partial charge in [0.05, 0.1) is 16.1 Å². The number of benzene rings is 1. The number of carboxylic acids is 1. The zero-order valence-corrected chi connectivity index (χ0v) is 12.3. The topological polar surface area (TPSA) is 66.4 Å². The summed E-state index contributed by atoms with van der Waals surface area (Å²) in [6, 6.07) is 6.35. The molecular formula is C13H10BrNO3S. The van der Waals surface area contributed by atoms with Crippen LogP contribution in [0.2, 0.25) is 0 Å². The van der Waals surface area contributed by atoms with Gasteiger partial charge in [-0.25, -0.2) is 4.79 Å². The van der Waals surface area contributed by atoms with Crippen LogP contribution in [0.25, 0.3) is 0 Å². The number of nitrogens with one attached hydrogen (secondary N) is 1. The molecule has 0 spiro atoms. The van der Waals surface area contributed by atoms with E-state index in [9.17, 15) is 9.59 Å². The molecule has 0 aliphatic rings. The van der Waals surface area contributed by atoms with E-state index in [0.29, 0.717) is 15.0 Å².